The molecule has 1 atom stereocenters. The molecular formula is C13H22N6S. The van der Waals surface area contributed by atoms with E-state index in [0.717, 1.165) is 30.1 Å². The number of nitrogens with one attached hydrogen (secondary N) is 2. The molecular weight excluding hydrogens is 272 g/mol. The first kappa shape index (κ1) is 14.9. The normalized spacial score (nSPS) is 12.6. The molecule has 2 aromatic rings. The molecule has 2 aromatic heterocycles. The number of imidazole rings is 1. The number of fused-ring (bicyclic) bond motifs is 1. The molecule has 0 saturated heterocycles. The van der Waals surface area contributed by atoms with Crippen LogP contribution in [0, 0.1) is 0 Å². The first-order valence-corrected chi connectivity index (χ1v) is 8.27. The van der Waals surface area contributed by atoms with Crippen molar-refractivity contribution >= 4 is 34.7 Å². The molecule has 0 aliphatic heterocycles. The molecule has 0 aromatic carbocycles. The van der Waals surface area contributed by atoms with Gasteiger partial charge in [-0.25, -0.2) is 4.98 Å². The van der Waals surface area contributed by atoms with Gasteiger partial charge >= 0.3 is 0 Å². The number of rotatable bonds is 7. The smallest absolute Gasteiger partial charge is 0.226 e. The van der Waals surface area contributed by atoms with Gasteiger partial charge in [0.05, 0.1) is 6.33 Å². The van der Waals surface area contributed by atoms with E-state index in [1.54, 1.807) is 6.33 Å². The van der Waals surface area contributed by atoms with Crippen LogP contribution in [0.25, 0.3) is 11.2 Å². The standard InChI is InChI=1S/C13H22N6S/c1-5-9(7-20-4)19(3)12-10-11(16-8-15-10)17-13(18-12)14-6-2/h8-9H,5-7H2,1-4H3,(H2,14,15,16,17,18). The zero-order chi connectivity index (χ0) is 14.5. The van der Waals surface area contributed by atoms with Crippen LogP contribution in [0.15, 0.2) is 6.33 Å². The van der Waals surface area contributed by atoms with Crippen molar-refractivity contribution in [2.45, 2.75) is 26.3 Å². The van der Waals surface area contributed by atoms with Gasteiger partial charge in [0.25, 0.3) is 0 Å². The van der Waals surface area contributed by atoms with E-state index in [9.17, 15) is 0 Å². The quantitative estimate of drug-likeness (QED) is 0.817. The third-order valence-electron chi connectivity index (χ3n) is 3.31. The summed E-state index contributed by atoms with van der Waals surface area (Å²) >= 11 is 1.85. The SMILES string of the molecule is CCNc1nc(N(C)C(CC)CSC)c2[nH]cnc2n1. The molecule has 6 nitrogen and oxygen atoms in total. The van der Waals surface area contributed by atoms with E-state index in [4.69, 9.17) is 0 Å². The van der Waals surface area contributed by atoms with Gasteiger partial charge in [0.2, 0.25) is 5.95 Å². The summed E-state index contributed by atoms with van der Waals surface area (Å²) in [6.07, 6.45) is 4.88. The first-order valence-electron chi connectivity index (χ1n) is 6.88. The zero-order valence-electron chi connectivity index (χ0n) is 12.5. The lowest BCUT2D eigenvalue weighted by molar-refractivity contribution is 0.667. The maximum Gasteiger partial charge on any atom is 0.226 e. The van der Waals surface area contributed by atoms with Crippen LogP contribution in [0.2, 0.25) is 0 Å². The van der Waals surface area contributed by atoms with Crippen LogP contribution < -0.4 is 10.2 Å². The van der Waals surface area contributed by atoms with Crippen molar-refractivity contribution in [1.29, 1.82) is 0 Å². The van der Waals surface area contributed by atoms with Crippen LogP contribution in [-0.2, 0) is 0 Å². The second-order valence-corrected chi connectivity index (χ2v) is 5.54. The number of hydrogen-bond acceptors (Lipinski definition) is 6. The van der Waals surface area contributed by atoms with E-state index < -0.39 is 0 Å². The summed E-state index contributed by atoms with van der Waals surface area (Å²) in [7, 11) is 2.09. The molecule has 0 aliphatic carbocycles. The van der Waals surface area contributed by atoms with Gasteiger partial charge in [-0.2, -0.15) is 21.7 Å². The van der Waals surface area contributed by atoms with Gasteiger partial charge < -0.3 is 15.2 Å². The van der Waals surface area contributed by atoms with Crippen molar-refractivity contribution in [2.75, 3.05) is 35.8 Å². The van der Waals surface area contributed by atoms with E-state index in [-0.39, 0.29) is 0 Å². The van der Waals surface area contributed by atoms with Crippen molar-refractivity contribution in [3.05, 3.63) is 6.33 Å². The van der Waals surface area contributed by atoms with Crippen molar-refractivity contribution < 1.29 is 0 Å². The molecule has 0 fully saturated rings. The summed E-state index contributed by atoms with van der Waals surface area (Å²) in [5, 5.41) is 3.17. The predicted molar refractivity (Wildman–Crippen MR) is 86.7 cm³/mol. The maximum absolute atomic E-state index is 4.64. The number of aromatic nitrogens is 4. The third kappa shape index (κ3) is 2.98. The fourth-order valence-electron chi connectivity index (χ4n) is 2.18. The van der Waals surface area contributed by atoms with E-state index in [2.05, 4.69) is 50.4 Å². The number of aromatic amines is 1. The van der Waals surface area contributed by atoms with Gasteiger partial charge in [-0.15, -0.1) is 0 Å². The Balaban J connectivity index is 2.42. The Hall–Kier alpha value is -1.50. The molecule has 2 N–H and O–H groups in total. The molecule has 20 heavy (non-hydrogen) atoms. The highest BCUT2D eigenvalue weighted by molar-refractivity contribution is 7.98. The van der Waals surface area contributed by atoms with Crippen LogP contribution >= 0.6 is 11.8 Å². The van der Waals surface area contributed by atoms with Gasteiger partial charge in [-0.3, -0.25) is 0 Å². The monoisotopic (exact) mass is 294 g/mol. The van der Waals surface area contributed by atoms with Crippen LogP contribution in [0.3, 0.4) is 0 Å². The Morgan fingerprint density at radius 3 is 2.85 bits per heavy atom. The van der Waals surface area contributed by atoms with Gasteiger partial charge in [0.1, 0.15) is 5.52 Å². The van der Waals surface area contributed by atoms with Crippen molar-refractivity contribution in [3.63, 3.8) is 0 Å². The minimum Gasteiger partial charge on any atom is -0.354 e. The van der Waals surface area contributed by atoms with Crippen LogP contribution in [0.4, 0.5) is 11.8 Å². The topological polar surface area (TPSA) is 69.7 Å². The summed E-state index contributed by atoms with van der Waals surface area (Å²) in [4.78, 5) is 18.7. The number of H-pyrrole nitrogens is 1. The Labute approximate surface area is 123 Å². The second kappa shape index (κ2) is 6.78. The van der Waals surface area contributed by atoms with Crippen molar-refractivity contribution in [3.8, 4) is 0 Å². The number of anilines is 2. The average Bonchev–Trinajstić information content (AvgIpc) is 2.91. The maximum atomic E-state index is 4.64. The Morgan fingerprint density at radius 1 is 1.40 bits per heavy atom. The fraction of sp³-hybridized carbons (Fsp3) is 0.615. The molecule has 2 rings (SSSR count). The first-order chi connectivity index (χ1) is 9.71. The van der Waals surface area contributed by atoms with Gasteiger partial charge in [-0.05, 0) is 19.6 Å². The molecule has 0 spiro atoms. The molecule has 1 unspecified atom stereocenters. The fourth-order valence-corrected chi connectivity index (χ4v) is 3.02. The summed E-state index contributed by atoms with van der Waals surface area (Å²) < 4.78 is 0. The van der Waals surface area contributed by atoms with Crippen LogP contribution in [-0.4, -0.2) is 51.6 Å². The third-order valence-corrected chi connectivity index (χ3v) is 4.03. The van der Waals surface area contributed by atoms with Crippen molar-refractivity contribution in [1.82, 2.24) is 19.9 Å². The summed E-state index contributed by atoms with van der Waals surface area (Å²) in [5.41, 5.74) is 1.60. The van der Waals surface area contributed by atoms with E-state index in [1.165, 1.54) is 0 Å². The van der Waals surface area contributed by atoms with Gasteiger partial charge in [-0.1, -0.05) is 6.92 Å². The Bertz CT molecular complexity index is 555. The highest BCUT2D eigenvalue weighted by Crippen LogP contribution is 2.24. The van der Waals surface area contributed by atoms with Gasteiger partial charge in [0, 0.05) is 25.4 Å². The minimum atomic E-state index is 0.445. The molecule has 7 heteroatoms. The lowest BCUT2D eigenvalue weighted by Gasteiger charge is -2.28. The largest absolute Gasteiger partial charge is 0.354 e. The second-order valence-electron chi connectivity index (χ2n) is 4.63. The van der Waals surface area contributed by atoms with E-state index in [0.29, 0.717) is 17.6 Å². The van der Waals surface area contributed by atoms with Crippen LogP contribution in [0.1, 0.15) is 20.3 Å². The predicted octanol–water partition coefficient (Wildman–Crippen LogP) is 2.36. The Morgan fingerprint density at radius 2 is 2.20 bits per heavy atom. The lowest BCUT2D eigenvalue weighted by Crippen LogP contribution is -2.34. The number of nitrogens with zero attached hydrogens (tertiary/aromatic N) is 4. The number of thioether (sulfide) groups is 1. The van der Waals surface area contributed by atoms with E-state index in [1.807, 2.05) is 18.7 Å². The molecule has 0 saturated carbocycles. The summed E-state index contributed by atoms with van der Waals surface area (Å²) in [6, 6.07) is 0.445. The highest BCUT2D eigenvalue weighted by Gasteiger charge is 2.19. The van der Waals surface area contributed by atoms with Gasteiger partial charge in [0.15, 0.2) is 11.5 Å². The average molecular weight is 294 g/mol. The number of hydrogen-bond donors (Lipinski definition) is 2. The Kier molecular flexibility index (Phi) is 5.05. The molecule has 110 valence electrons. The molecule has 0 amide bonds. The lowest BCUT2D eigenvalue weighted by atomic mass is 10.2. The van der Waals surface area contributed by atoms with E-state index >= 15 is 0 Å². The molecule has 0 bridgehead atoms. The summed E-state index contributed by atoms with van der Waals surface area (Å²) in [5.74, 6) is 2.61. The van der Waals surface area contributed by atoms with Crippen molar-refractivity contribution in [2.24, 2.45) is 0 Å². The zero-order valence-corrected chi connectivity index (χ0v) is 13.3. The van der Waals surface area contributed by atoms with Crippen LogP contribution in [0.5, 0.6) is 0 Å². The summed E-state index contributed by atoms with van der Waals surface area (Å²) in [6.45, 7) is 5.03. The highest BCUT2D eigenvalue weighted by atomic mass is 32.2. The molecule has 0 radical (unpaired) electrons. The molecule has 0 aliphatic rings. The molecule has 2 heterocycles. The minimum absolute atomic E-state index is 0.445.